The van der Waals surface area contributed by atoms with Crippen LogP contribution in [0.15, 0.2) is 6.20 Å². The molecule has 0 atom stereocenters. The van der Waals surface area contributed by atoms with Crippen LogP contribution in [0.25, 0.3) is 0 Å². The Morgan fingerprint density at radius 1 is 1.43 bits per heavy atom. The lowest BCUT2D eigenvalue weighted by atomic mass is 10.3. The highest BCUT2D eigenvalue weighted by Gasteiger charge is 2.02. The van der Waals surface area contributed by atoms with Crippen molar-refractivity contribution < 1.29 is 0 Å². The lowest BCUT2D eigenvalue weighted by Crippen LogP contribution is -2.21. The first-order valence-electron chi connectivity index (χ1n) is 4.65. The molecule has 0 bridgehead atoms. The third-order valence-electron chi connectivity index (χ3n) is 1.64. The zero-order valence-electron chi connectivity index (χ0n) is 9.13. The first-order valence-corrected chi connectivity index (χ1v) is 4.65. The maximum Gasteiger partial charge on any atom is 0.224 e. The van der Waals surface area contributed by atoms with E-state index in [2.05, 4.69) is 20.7 Å². The maximum absolute atomic E-state index is 4.33. The molecule has 1 aromatic heterocycles. The quantitative estimate of drug-likeness (QED) is 0.705. The molecule has 0 unspecified atom stereocenters. The van der Waals surface area contributed by atoms with Gasteiger partial charge >= 0.3 is 0 Å². The molecule has 2 N–H and O–H groups in total. The van der Waals surface area contributed by atoms with E-state index in [0.717, 1.165) is 17.9 Å². The Morgan fingerprint density at radius 2 is 2.14 bits per heavy atom. The van der Waals surface area contributed by atoms with E-state index in [0.29, 0.717) is 5.95 Å². The molecule has 5 heteroatoms. The summed E-state index contributed by atoms with van der Waals surface area (Å²) in [5, 5.41) is 4.92. The van der Waals surface area contributed by atoms with Crippen molar-refractivity contribution in [3.8, 4) is 0 Å². The van der Waals surface area contributed by atoms with Crippen LogP contribution in [-0.2, 0) is 0 Å². The van der Waals surface area contributed by atoms with Gasteiger partial charge in [-0.15, -0.1) is 0 Å². The van der Waals surface area contributed by atoms with Crippen LogP contribution in [0, 0.1) is 6.92 Å². The summed E-state index contributed by atoms with van der Waals surface area (Å²) in [6, 6.07) is 0. The molecule has 1 aromatic rings. The van der Waals surface area contributed by atoms with Gasteiger partial charge in [-0.05, 0) is 13.8 Å². The highest BCUT2D eigenvalue weighted by molar-refractivity contribution is 5.45. The monoisotopic (exact) mass is 195 g/mol. The minimum atomic E-state index is 0.655. The Labute approximate surface area is 84.5 Å². The molecule has 0 aliphatic heterocycles. The molecule has 78 valence electrons. The van der Waals surface area contributed by atoms with Crippen LogP contribution in [0.4, 0.5) is 11.8 Å². The summed E-state index contributed by atoms with van der Waals surface area (Å²) < 4.78 is 0. The van der Waals surface area contributed by atoms with E-state index < -0.39 is 0 Å². The molecule has 0 amide bonds. The van der Waals surface area contributed by atoms with E-state index in [1.54, 1.807) is 6.20 Å². The minimum Gasteiger partial charge on any atom is -0.354 e. The molecule has 1 heterocycles. The molecule has 0 aromatic carbocycles. The second-order valence-corrected chi connectivity index (χ2v) is 3.26. The molecule has 0 spiro atoms. The minimum absolute atomic E-state index is 0.655. The van der Waals surface area contributed by atoms with Crippen molar-refractivity contribution in [1.82, 2.24) is 15.0 Å². The SMILES string of the molecule is CCNc1ncc(C)c(NN(C)C)n1. The van der Waals surface area contributed by atoms with Gasteiger partial charge in [0.05, 0.1) is 0 Å². The van der Waals surface area contributed by atoms with E-state index in [9.17, 15) is 0 Å². The van der Waals surface area contributed by atoms with Crippen LogP contribution in [0.5, 0.6) is 0 Å². The number of anilines is 2. The standard InChI is InChI=1S/C9H17N5/c1-5-10-9-11-6-7(2)8(12-9)13-14(3)4/h6H,5H2,1-4H3,(H2,10,11,12,13). The zero-order chi connectivity index (χ0) is 10.6. The summed E-state index contributed by atoms with van der Waals surface area (Å²) in [5.74, 6) is 1.49. The van der Waals surface area contributed by atoms with Gasteiger partial charge in [-0.1, -0.05) is 0 Å². The van der Waals surface area contributed by atoms with Crippen LogP contribution >= 0.6 is 0 Å². The Kier molecular flexibility index (Phi) is 3.64. The molecule has 0 fully saturated rings. The molecule has 14 heavy (non-hydrogen) atoms. The summed E-state index contributed by atoms with van der Waals surface area (Å²) in [6.45, 7) is 4.81. The van der Waals surface area contributed by atoms with Crippen LogP contribution in [-0.4, -0.2) is 35.6 Å². The van der Waals surface area contributed by atoms with Gasteiger partial charge in [0, 0.05) is 32.4 Å². The topological polar surface area (TPSA) is 53.1 Å². The Morgan fingerprint density at radius 3 is 2.71 bits per heavy atom. The van der Waals surface area contributed by atoms with Crippen molar-refractivity contribution in [2.24, 2.45) is 0 Å². The average molecular weight is 195 g/mol. The number of hydrogen-bond acceptors (Lipinski definition) is 5. The van der Waals surface area contributed by atoms with E-state index in [4.69, 9.17) is 0 Å². The summed E-state index contributed by atoms with van der Waals surface area (Å²) in [4.78, 5) is 8.48. The second-order valence-electron chi connectivity index (χ2n) is 3.26. The molecular formula is C9H17N5. The predicted octanol–water partition coefficient (Wildman–Crippen LogP) is 1.11. The van der Waals surface area contributed by atoms with Crippen LogP contribution < -0.4 is 10.7 Å². The van der Waals surface area contributed by atoms with E-state index in [1.165, 1.54) is 0 Å². The Balaban J connectivity index is 2.84. The highest BCUT2D eigenvalue weighted by Crippen LogP contribution is 2.12. The number of aryl methyl sites for hydroxylation is 1. The van der Waals surface area contributed by atoms with Crippen LogP contribution in [0.3, 0.4) is 0 Å². The summed E-state index contributed by atoms with van der Waals surface area (Å²) in [5.41, 5.74) is 4.14. The number of nitrogens with zero attached hydrogens (tertiary/aromatic N) is 3. The maximum atomic E-state index is 4.33. The van der Waals surface area contributed by atoms with E-state index in [-0.39, 0.29) is 0 Å². The lowest BCUT2D eigenvalue weighted by molar-refractivity contribution is 0.491. The van der Waals surface area contributed by atoms with Crippen LogP contribution in [0.2, 0.25) is 0 Å². The molecule has 0 saturated carbocycles. The first kappa shape index (κ1) is 10.7. The van der Waals surface area contributed by atoms with Gasteiger partial charge in [-0.3, -0.25) is 0 Å². The van der Waals surface area contributed by atoms with Gasteiger partial charge in [-0.25, -0.2) is 9.99 Å². The summed E-state index contributed by atoms with van der Waals surface area (Å²) >= 11 is 0. The van der Waals surface area contributed by atoms with Gasteiger partial charge in [-0.2, -0.15) is 4.98 Å². The van der Waals surface area contributed by atoms with Crippen molar-refractivity contribution in [3.05, 3.63) is 11.8 Å². The fourth-order valence-corrected chi connectivity index (χ4v) is 1.01. The fourth-order valence-electron chi connectivity index (χ4n) is 1.01. The molecule has 0 radical (unpaired) electrons. The van der Waals surface area contributed by atoms with Gasteiger partial charge in [0.25, 0.3) is 0 Å². The van der Waals surface area contributed by atoms with Gasteiger partial charge in [0.2, 0.25) is 5.95 Å². The third-order valence-corrected chi connectivity index (χ3v) is 1.64. The zero-order valence-corrected chi connectivity index (χ0v) is 9.13. The highest BCUT2D eigenvalue weighted by atomic mass is 15.5. The number of rotatable bonds is 4. The smallest absolute Gasteiger partial charge is 0.224 e. The Bertz CT molecular complexity index is 297. The molecule has 0 saturated heterocycles. The van der Waals surface area contributed by atoms with Crippen molar-refractivity contribution in [2.75, 3.05) is 31.4 Å². The fraction of sp³-hybridized carbons (Fsp3) is 0.556. The third kappa shape index (κ3) is 2.85. The summed E-state index contributed by atoms with van der Waals surface area (Å²) in [6.07, 6.45) is 1.80. The van der Waals surface area contributed by atoms with E-state index in [1.807, 2.05) is 33.0 Å². The molecule has 0 aliphatic rings. The van der Waals surface area contributed by atoms with Crippen molar-refractivity contribution in [3.63, 3.8) is 0 Å². The molecule has 1 rings (SSSR count). The van der Waals surface area contributed by atoms with Gasteiger partial charge in [0.1, 0.15) is 5.82 Å². The molecule has 0 aliphatic carbocycles. The van der Waals surface area contributed by atoms with E-state index >= 15 is 0 Å². The van der Waals surface area contributed by atoms with Gasteiger partial charge < -0.3 is 10.7 Å². The van der Waals surface area contributed by atoms with Crippen molar-refractivity contribution >= 4 is 11.8 Å². The average Bonchev–Trinajstić information content (AvgIpc) is 2.10. The predicted molar refractivity (Wildman–Crippen MR) is 58.2 cm³/mol. The van der Waals surface area contributed by atoms with Crippen molar-refractivity contribution in [1.29, 1.82) is 0 Å². The second kappa shape index (κ2) is 4.76. The largest absolute Gasteiger partial charge is 0.354 e. The number of nitrogens with one attached hydrogen (secondary N) is 2. The Hall–Kier alpha value is -1.36. The summed E-state index contributed by atoms with van der Waals surface area (Å²) in [7, 11) is 3.85. The number of aromatic nitrogens is 2. The first-order chi connectivity index (χ1) is 6.63. The van der Waals surface area contributed by atoms with Gasteiger partial charge in [0.15, 0.2) is 0 Å². The van der Waals surface area contributed by atoms with Crippen LogP contribution in [0.1, 0.15) is 12.5 Å². The molecule has 5 nitrogen and oxygen atoms in total. The van der Waals surface area contributed by atoms with Crippen molar-refractivity contribution in [2.45, 2.75) is 13.8 Å². The molecular weight excluding hydrogens is 178 g/mol. The number of hydrogen-bond donors (Lipinski definition) is 2. The number of hydrazine groups is 1. The lowest BCUT2D eigenvalue weighted by Gasteiger charge is -2.15. The normalized spacial score (nSPS) is 10.4.